The summed E-state index contributed by atoms with van der Waals surface area (Å²) in [5, 5.41) is 0. The van der Waals surface area contributed by atoms with E-state index >= 15 is 0 Å². The zero-order valence-corrected chi connectivity index (χ0v) is 14.3. The van der Waals surface area contributed by atoms with E-state index in [0.717, 1.165) is 19.5 Å². The molecule has 0 atom stereocenters. The Morgan fingerprint density at radius 2 is 1.62 bits per heavy atom. The molecule has 0 fully saturated rings. The van der Waals surface area contributed by atoms with E-state index in [1.807, 2.05) is 0 Å². The van der Waals surface area contributed by atoms with Crippen LogP contribution in [0.2, 0.25) is 0 Å². The summed E-state index contributed by atoms with van der Waals surface area (Å²) in [5.74, 6) is 1.33. The van der Waals surface area contributed by atoms with Crippen LogP contribution in [0.1, 0.15) is 24.7 Å². The first-order valence-corrected chi connectivity index (χ1v) is 7.33. The van der Waals surface area contributed by atoms with Crippen LogP contribution < -0.4 is 4.57 Å². The molecular formula is C18H22BrN2+. The van der Waals surface area contributed by atoms with Crippen molar-refractivity contribution in [2.45, 2.75) is 33.4 Å². The molecular weight excluding hydrogens is 324 g/mol. The van der Waals surface area contributed by atoms with Gasteiger partial charge in [0.2, 0.25) is 0 Å². The molecule has 0 radical (unpaired) electrons. The first kappa shape index (κ1) is 15.8. The van der Waals surface area contributed by atoms with Crippen LogP contribution >= 0.6 is 17.0 Å². The van der Waals surface area contributed by atoms with Crippen molar-refractivity contribution >= 4 is 28.0 Å². The zero-order chi connectivity index (χ0) is 13.9. The largest absolute Gasteiger partial charge is 0.254 e. The number of aromatic nitrogens is 2. The van der Waals surface area contributed by atoms with E-state index < -0.39 is 0 Å². The molecule has 1 aromatic heterocycles. The molecule has 21 heavy (non-hydrogen) atoms. The van der Waals surface area contributed by atoms with Gasteiger partial charge in [0, 0.05) is 6.92 Å². The number of hydrogen-bond donors (Lipinski definition) is 0. The van der Waals surface area contributed by atoms with Crippen molar-refractivity contribution in [2.24, 2.45) is 0 Å². The summed E-state index contributed by atoms with van der Waals surface area (Å²) >= 11 is 0. The Morgan fingerprint density at radius 1 is 0.952 bits per heavy atom. The number of benzene rings is 2. The lowest BCUT2D eigenvalue weighted by Crippen LogP contribution is -2.37. The van der Waals surface area contributed by atoms with Crippen LogP contribution in [-0.4, -0.2) is 4.57 Å². The summed E-state index contributed by atoms with van der Waals surface area (Å²) in [6, 6.07) is 19.4. The number of rotatable bonds is 4. The van der Waals surface area contributed by atoms with Gasteiger partial charge in [0.15, 0.2) is 11.0 Å². The maximum atomic E-state index is 2.43. The van der Waals surface area contributed by atoms with Crippen molar-refractivity contribution in [3.63, 3.8) is 0 Å². The molecule has 2 nitrogen and oxygen atoms in total. The van der Waals surface area contributed by atoms with Gasteiger partial charge in [-0.15, -0.1) is 17.0 Å². The number of fused-ring (bicyclic) bond motifs is 1. The normalized spacial score (nSPS) is 10.6. The zero-order valence-electron chi connectivity index (χ0n) is 12.6. The lowest BCUT2D eigenvalue weighted by atomic mass is 10.2. The molecule has 110 valence electrons. The summed E-state index contributed by atoms with van der Waals surface area (Å²) < 4.78 is 4.85. The van der Waals surface area contributed by atoms with Crippen LogP contribution in [0, 0.1) is 6.92 Å². The Hall–Kier alpha value is -1.61. The standard InChI is InChI=1S/C18H21N2.BrH/c1-3-13-19-15(2)20(14-16-9-5-4-6-10-16)18-12-8-7-11-17(18)19;/h4-12H,3,13-14H2,1-2H3;1H/q+1;. The minimum absolute atomic E-state index is 0. The van der Waals surface area contributed by atoms with Crippen LogP contribution in [0.25, 0.3) is 11.0 Å². The van der Waals surface area contributed by atoms with Crippen molar-refractivity contribution in [1.29, 1.82) is 0 Å². The second-order valence-corrected chi connectivity index (χ2v) is 5.26. The van der Waals surface area contributed by atoms with Crippen molar-refractivity contribution in [3.05, 3.63) is 66.0 Å². The molecule has 3 heteroatoms. The summed E-state index contributed by atoms with van der Waals surface area (Å²) in [6.45, 7) is 6.46. The molecule has 0 bridgehead atoms. The van der Waals surface area contributed by atoms with Crippen molar-refractivity contribution < 1.29 is 4.57 Å². The summed E-state index contributed by atoms with van der Waals surface area (Å²) in [6.07, 6.45) is 1.16. The Balaban J connectivity index is 0.00000161. The molecule has 1 heterocycles. The van der Waals surface area contributed by atoms with Gasteiger partial charge in [-0.25, -0.2) is 9.13 Å². The van der Waals surface area contributed by atoms with Crippen molar-refractivity contribution in [1.82, 2.24) is 4.57 Å². The smallest absolute Gasteiger partial charge is 0.227 e. The van der Waals surface area contributed by atoms with Gasteiger partial charge in [0.25, 0.3) is 5.82 Å². The summed E-state index contributed by atoms with van der Waals surface area (Å²) in [5.41, 5.74) is 4.00. The fourth-order valence-electron chi connectivity index (χ4n) is 2.89. The van der Waals surface area contributed by atoms with Gasteiger partial charge in [-0.3, -0.25) is 0 Å². The van der Waals surface area contributed by atoms with E-state index in [1.54, 1.807) is 0 Å². The molecule has 2 aromatic carbocycles. The molecule has 0 N–H and O–H groups in total. The second-order valence-electron chi connectivity index (χ2n) is 5.26. The van der Waals surface area contributed by atoms with E-state index in [1.165, 1.54) is 22.4 Å². The Morgan fingerprint density at radius 3 is 2.33 bits per heavy atom. The quantitative estimate of drug-likeness (QED) is 0.624. The third-order valence-corrected chi connectivity index (χ3v) is 3.88. The summed E-state index contributed by atoms with van der Waals surface area (Å²) in [4.78, 5) is 0. The molecule has 0 amide bonds. The highest BCUT2D eigenvalue weighted by Gasteiger charge is 2.20. The van der Waals surface area contributed by atoms with E-state index in [4.69, 9.17) is 0 Å². The number of aryl methyl sites for hydroxylation is 1. The topological polar surface area (TPSA) is 8.81 Å². The van der Waals surface area contributed by atoms with Gasteiger partial charge in [0.1, 0.15) is 6.54 Å². The third-order valence-electron chi connectivity index (χ3n) is 3.88. The minimum atomic E-state index is 0. The monoisotopic (exact) mass is 345 g/mol. The Labute approximate surface area is 136 Å². The lowest BCUT2D eigenvalue weighted by Gasteiger charge is -2.01. The van der Waals surface area contributed by atoms with E-state index in [0.29, 0.717) is 0 Å². The van der Waals surface area contributed by atoms with Crippen molar-refractivity contribution in [2.75, 3.05) is 0 Å². The van der Waals surface area contributed by atoms with Crippen LogP contribution in [0.15, 0.2) is 54.6 Å². The highest BCUT2D eigenvalue weighted by molar-refractivity contribution is 8.93. The average Bonchev–Trinajstić information content (AvgIpc) is 2.75. The predicted molar refractivity (Wildman–Crippen MR) is 93.0 cm³/mol. The minimum Gasteiger partial charge on any atom is -0.227 e. The van der Waals surface area contributed by atoms with Crippen LogP contribution in [0.4, 0.5) is 0 Å². The van der Waals surface area contributed by atoms with Gasteiger partial charge in [-0.2, -0.15) is 0 Å². The fraction of sp³-hybridized carbons (Fsp3) is 0.278. The number of halogens is 1. The van der Waals surface area contributed by atoms with Gasteiger partial charge in [-0.05, 0) is 24.1 Å². The maximum Gasteiger partial charge on any atom is 0.254 e. The number of para-hydroxylation sites is 2. The van der Waals surface area contributed by atoms with Crippen molar-refractivity contribution in [3.8, 4) is 0 Å². The molecule has 0 aliphatic carbocycles. The first-order valence-electron chi connectivity index (χ1n) is 7.33. The van der Waals surface area contributed by atoms with Gasteiger partial charge >= 0.3 is 0 Å². The summed E-state index contributed by atoms with van der Waals surface area (Å²) in [7, 11) is 0. The van der Waals surface area contributed by atoms with Crippen LogP contribution in [0.3, 0.4) is 0 Å². The van der Waals surface area contributed by atoms with Gasteiger partial charge in [-0.1, -0.05) is 49.4 Å². The molecule has 0 saturated carbocycles. The van der Waals surface area contributed by atoms with Crippen LogP contribution in [0.5, 0.6) is 0 Å². The molecule has 0 aliphatic heterocycles. The molecule has 3 aromatic rings. The lowest BCUT2D eigenvalue weighted by molar-refractivity contribution is -0.669. The number of hydrogen-bond acceptors (Lipinski definition) is 0. The molecule has 0 aliphatic rings. The molecule has 0 saturated heterocycles. The highest BCUT2D eigenvalue weighted by Crippen LogP contribution is 2.15. The van der Waals surface area contributed by atoms with E-state index in [2.05, 4.69) is 77.6 Å². The Bertz CT molecular complexity index is 717. The average molecular weight is 346 g/mol. The van der Waals surface area contributed by atoms with Gasteiger partial charge in [0.05, 0.1) is 6.54 Å². The third kappa shape index (κ3) is 3.03. The molecule has 0 unspecified atom stereocenters. The van der Waals surface area contributed by atoms with E-state index in [-0.39, 0.29) is 17.0 Å². The fourth-order valence-corrected chi connectivity index (χ4v) is 2.89. The van der Waals surface area contributed by atoms with E-state index in [9.17, 15) is 0 Å². The molecule has 0 spiro atoms. The molecule has 3 rings (SSSR count). The first-order chi connectivity index (χ1) is 9.81. The number of nitrogens with zero attached hydrogens (tertiary/aromatic N) is 2. The number of imidazole rings is 1. The predicted octanol–water partition coefficient (Wildman–Crippen LogP) is 4.27. The highest BCUT2D eigenvalue weighted by atomic mass is 79.9. The SMILES string of the molecule is Br.CCCn1c(C)[n+](Cc2ccccc2)c2ccccc21. The Kier molecular flexibility index (Phi) is 5.18. The van der Waals surface area contributed by atoms with Crippen LogP contribution in [-0.2, 0) is 13.1 Å². The van der Waals surface area contributed by atoms with Gasteiger partial charge < -0.3 is 0 Å². The second kappa shape index (κ2) is 6.90. The maximum absolute atomic E-state index is 2.43.